The van der Waals surface area contributed by atoms with E-state index >= 15 is 0 Å². The molecule has 1 aromatic rings. The van der Waals surface area contributed by atoms with Crippen molar-refractivity contribution in [1.82, 2.24) is 4.90 Å². The first-order chi connectivity index (χ1) is 11.0. The second-order valence-corrected chi connectivity index (χ2v) is 6.25. The lowest BCUT2D eigenvalue weighted by molar-refractivity contribution is -0.127. The van der Waals surface area contributed by atoms with E-state index in [0.717, 1.165) is 29.8 Å². The number of likely N-dealkylation sites (tertiary alicyclic amines) is 1. The van der Waals surface area contributed by atoms with Crippen LogP contribution in [0.5, 0.6) is 0 Å². The van der Waals surface area contributed by atoms with Crippen molar-refractivity contribution in [3.05, 3.63) is 23.8 Å². The van der Waals surface area contributed by atoms with E-state index in [4.69, 9.17) is 0 Å². The van der Waals surface area contributed by atoms with Crippen molar-refractivity contribution in [3.8, 4) is 0 Å². The lowest BCUT2D eigenvalue weighted by atomic mass is 9.97. The Hall–Kier alpha value is -2.37. The van der Waals surface area contributed by atoms with E-state index < -0.39 is 0 Å². The Labute approximate surface area is 135 Å². The minimum Gasteiger partial charge on any atom is -0.345 e. The third kappa shape index (κ3) is 2.93. The van der Waals surface area contributed by atoms with E-state index in [1.165, 1.54) is 6.92 Å². The van der Waals surface area contributed by atoms with Crippen LogP contribution in [0.1, 0.15) is 25.3 Å². The molecule has 1 N–H and O–H groups in total. The van der Waals surface area contributed by atoms with Crippen LogP contribution in [0.25, 0.3) is 0 Å². The standard InChI is InChI=1S/C17H21N3O3/c1-11(21)18-14-6-3-7-15-13(14)5-4-8-20(15)17(23)12-9-16(22)19(2)10-12/h3,6-7,12H,4-5,8-10H2,1-2H3,(H,18,21). The van der Waals surface area contributed by atoms with E-state index in [9.17, 15) is 14.4 Å². The van der Waals surface area contributed by atoms with Gasteiger partial charge in [-0.15, -0.1) is 0 Å². The second-order valence-electron chi connectivity index (χ2n) is 6.25. The molecular weight excluding hydrogens is 294 g/mol. The molecule has 1 aromatic carbocycles. The highest BCUT2D eigenvalue weighted by Crippen LogP contribution is 2.34. The van der Waals surface area contributed by atoms with Gasteiger partial charge < -0.3 is 15.1 Å². The smallest absolute Gasteiger partial charge is 0.232 e. The monoisotopic (exact) mass is 315 g/mol. The van der Waals surface area contributed by atoms with Crippen molar-refractivity contribution in [2.24, 2.45) is 5.92 Å². The summed E-state index contributed by atoms with van der Waals surface area (Å²) in [6.07, 6.45) is 1.97. The molecule has 6 nitrogen and oxygen atoms in total. The van der Waals surface area contributed by atoms with Crippen LogP contribution in [0.2, 0.25) is 0 Å². The summed E-state index contributed by atoms with van der Waals surface area (Å²) in [6.45, 7) is 2.61. The first-order valence-electron chi connectivity index (χ1n) is 7.92. The first kappa shape index (κ1) is 15.5. The van der Waals surface area contributed by atoms with Crippen molar-refractivity contribution in [2.45, 2.75) is 26.2 Å². The Morgan fingerprint density at radius 3 is 2.74 bits per heavy atom. The number of amides is 3. The number of carbonyl (C=O) groups excluding carboxylic acids is 3. The van der Waals surface area contributed by atoms with E-state index in [1.807, 2.05) is 18.2 Å². The largest absolute Gasteiger partial charge is 0.345 e. The maximum atomic E-state index is 12.8. The van der Waals surface area contributed by atoms with Gasteiger partial charge in [-0.2, -0.15) is 0 Å². The van der Waals surface area contributed by atoms with Crippen molar-refractivity contribution in [3.63, 3.8) is 0 Å². The third-order valence-electron chi connectivity index (χ3n) is 4.52. The predicted octanol–water partition coefficient (Wildman–Crippen LogP) is 1.40. The molecule has 1 atom stereocenters. The number of nitrogens with zero attached hydrogens (tertiary/aromatic N) is 2. The maximum Gasteiger partial charge on any atom is 0.232 e. The summed E-state index contributed by atoms with van der Waals surface area (Å²) in [7, 11) is 1.73. The van der Waals surface area contributed by atoms with Gasteiger partial charge in [0.05, 0.1) is 5.92 Å². The first-order valence-corrected chi connectivity index (χ1v) is 7.92. The molecule has 1 fully saturated rings. The van der Waals surface area contributed by atoms with Crippen LogP contribution in [0.4, 0.5) is 11.4 Å². The lowest BCUT2D eigenvalue weighted by Gasteiger charge is -2.32. The molecule has 0 radical (unpaired) electrons. The summed E-state index contributed by atoms with van der Waals surface area (Å²) in [5.41, 5.74) is 2.63. The average molecular weight is 315 g/mol. The molecule has 2 aliphatic heterocycles. The Morgan fingerprint density at radius 1 is 1.30 bits per heavy atom. The quantitative estimate of drug-likeness (QED) is 0.897. The molecule has 0 aromatic heterocycles. The molecule has 23 heavy (non-hydrogen) atoms. The number of rotatable bonds is 2. The molecule has 0 bridgehead atoms. The molecule has 0 aliphatic carbocycles. The van der Waals surface area contributed by atoms with Gasteiger partial charge >= 0.3 is 0 Å². The van der Waals surface area contributed by atoms with E-state index in [2.05, 4.69) is 5.32 Å². The van der Waals surface area contributed by atoms with Gasteiger partial charge in [0, 0.05) is 44.9 Å². The van der Waals surface area contributed by atoms with Crippen LogP contribution in [-0.2, 0) is 20.8 Å². The van der Waals surface area contributed by atoms with Gasteiger partial charge in [0.15, 0.2) is 0 Å². The predicted molar refractivity (Wildman–Crippen MR) is 87.2 cm³/mol. The highest BCUT2D eigenvalue weighted by Gasteiger charge is 2.36. The van der Waals surface area contributed by atoms with Gasteiger partial charge in [-0.3, -0.25) is 14.4 Å². The highest BCUT2D eigenvalue weighted by atomic mass is 16.2. The van der Waals surface area contributed by atoms with Crippen LogP contribution >= 0.6 is 0 Å². The zero-order valence-electron chi connectivity index (χ0n) is 13.5. The Balaban J connectivity index is 1.88. The molecular formula is C17H21N3O3. The summed E-state index contributed by atoms with van der Waals surface area (Å²) >= 11 is 0. The van der Waals surface area contributed by atoms with Crippen LogP contribution in [-0.4, -0.2) is 42.8 Å². The number of hydrogen-bond acceptors (Lipinski definition) is 3. The fourth-order valence-corrected chi connectivity index (χ4v) is 3.41. The third-order valence-corrected chi connectivity index (χ3v) is 4.52. The van der Waals surface area contributed by atoms with Gasteiger partial charge in [-0.05, 0) is 30.5 Å². The fourth-order valence-electron chi connectivity index (χ4n) is 3.41. The number of hydrogen-bond donors (Lipinski definition) is 1. The normalized spacial score (nSPS) is 20.4. The zero-order valence-corrected chi connectivity index (χ0v) is 13.5. The molecule has 2 heterocycles. The molecule has 3 amide bonds. The van der Waals surface area contributed by atoms with Gasteiger partial charge in [0.2, 0.25) is 17.7 Å². The molecule has 0 saturated carbocycles. The van der Waals surface area contributed by atoms with Gasteiger partial charge in [0.1, 0.15) is 0 Å². The van der Waals surface area contributed by atoms with E-state index in [1.54, 1.807) is 16.8 Å². The zero-order chi connectivity index (χ0) is 16.6. The van der Waals surface area contributed by atoms with Crippen molar-refractivity contribution < 1.29 is 14.4 Å². The number of nitrogens with one attached hydrogen (secondary N) is 1. The topological polar surface area (TPSA) is 69.7 Å². The van der Waals surface area contributed by atoms with Crippen LogP contribution in [0.15, 0.2) is 18.2 Å². The Kier molecular flexibility index (Phi) is 4.07. The molecule has 2 aliphatic rings. The molecule has 6 heteroatoms. The van der Waals surface area contributed by atoms with Crippen molar-refractivity contribution in [1.29, 1.82) is 0 Å². The van der Waals surface area contributed by atoms with Gasteiger partial charge in [-0.1, -0.05) is 6.07 Å². The fraction of sp³-hybridized carbons (Fsp3) is 0.471. The summed E-state index contributed by atoms with van der Waals surface area (Å²) in [6, 6.07) is 5.63. The lowest BCUT2D eigenvalue weighted by Crippen LogP contribution is -2.40. The maximum absolute atomic E-state index is 12.8. The minimum absolute atomic E-state index is 0.00336. The van der Waals surface area contributed by atoms with Gasteiger partial charge in [-0.25, -0.2) is 0 Å². The highest BCUT2D eigenvalue weighted by molar-refractivity contribution is 6.01. The minimum atomic E-state index is -0.275. The van der Waals surface area contributed by atoms with E-state index in [-0.39, 0.29) is 30.1 Å². The van der Waals surface area contributed by atoms with Crippen molar-refractivity contribution in [2.75, 3.05) is 30.4 Å². The van der Waals surface area contributed by atoms with E-state index in [0.29, 0.717) is 13.1 Å². The summed E-state index contributed by atoms with van der Waals surface area (Å²) in [4.78, 5) is 39.3. The van der Waals surface area contributed by atoms with Gasteiger partial charge in [0.25, 0.3) is 0 Å². The summed E-state index contributed by atoms with van der Waals surface area (Å²) < 4.78 is 0. The second kappa shape index (κ2) is 6.02. The van der Waals surface area contributed by atoms with Crippen molar-refractivity contribution >= 4 is 29.1 Å². The number of fused-ring (bicyclic) bond motifs is 1. The molecule has 3 rings (SSSR count). The van der Waals surface area contributed by atoms with Crippen LogP contribution in [0, 0.1) is 5.92 Å². The van der Waals surface area contributed by atoms with Crippen LogP contribution < -0.4 is 10.2 Å². The average Bonchev–Trinajstić information content (AvgIpc) is 2.85. The molecule has 122 valence electrons. The Bertz CT molecular complexity index is 671. The Morgan fingerprint density at radius 2 is 2.09 bits per heavy atom. The number of benzene rings is 1. The number of carbonyl (C=O) groups is 3. The summed E-state index contributed by atoms with van der Waals surface area (Å²) in [5, 5.41) is 2.84. The number of anilines is 2. The SMILES string of the molecule is CC(=O)Nc1cccc2c1CCCN2C(=O)C1CC(=O)N(C)C1. The molecule has 1 saturated heterocycles. The van der Waals surface area contributed by atoms with Crippen LogP contribution in [0.3, 0.4) is 0 Å². The summed E-state index contributed by atoms with van der Waals surface area (Å²) in [5.74, 6) is -0.371. The molecule has 0 spiro atoms. The molecule has 1 unspecified atom stereocenters.